The van der Waals surface area contributed by atoms with Crippen molar-refractivity contribution in [2.75, 3.05) is 0 Å². The van der Waals surface area contributed by atoms with Gasteiger partial charge in [-0.3, -0.25) is 0 Å². The maximum atomic E-state index is 12.4. The summed E-state index contributed by atoms with van der Waals surface area (Å²) in [6.45, 7) is 0. The normalized spacial score (nSPS) is 12.0. The van der Waals surface area contributed by atoms with Gasteiger partial charge in [0.1, 0.15) is 5.41 Å². The van der Waals surface area contributed by atoms with Crippen LogP contribution in [0.2, 0.25) is 0 Å². The molecule has 112 valence electrons. The average molecular weight is 302 g/mol. The summed E-state index contributed by atoms with van der Waals surface area (Å²) < 4.78 is 61.7. The van der Waals surface area contributed by atoms with E-state index in [4.69, 9.17) is 10.5 Å². The van der Waals surface area contributed by atoms with Crippen molar-refractivity contribution in [1.82, 2.24) is 0 Å². The van der Waals surface area contributed by atoms with Gasteiger partial charge in [-0.25, -0.2) is 8.78 Å². The van der Waals surface area contributed by atoms with Gasteiger partial charge in [0.25, 0.3) is 0 Å². The van der Waals surface area contributed by atoms with Gasteiger partial charge >= 0.3 is 6.18 Å². The zero-order chi connectivity index (χ0) is 16.1. The second-order valence-corrected chi connectivity index (χ2v) is 4.61. The van der Waals surface area contributed by atoms with Crippen molar-refractivity contribution in [3.8, 4) is 12.1 Å². The molecule has 0 aliphatic carbocycles. The molecular formula is C14H11F5N2. The minimum absolute atomic E-state index is 0.190. The maximum Gasteiger partial charge on any atom is 0.416 e. The second-order valence-electron chi connectivity index (χ2n) is 4.61. The van der Waals surface area contributed by atoms with Crippen LogP contribution in [0.4, 0.5) is 22.0 Å². The zero-order valence-electron chi connectivity index (χ0n) is 10.8. The summed E-state index contributed by atoms with van der Waals surface area (Å²) in [5.41, 5.74) is -2.19. The van der Waals surface area contributed by atoms with Crippen LogP contribution in [0.5, 0.6) is 0 Å². The van der Waals surface area contributed by atoms with Gasteiger partial charge in [0.05, 0.1) is 17.7 Å². The first-order valence-corrected chi connectivity index (χ1v) is 5.99. The summed E-state index contributed by atoms with van der Waals surface area (Å²) in [6, 6.07) is 7.36. The van der Waals surface area contributed by atoms with E-state index in [-0.39, 0.29) is 12.8 Å². The van der Waals surface area contributed by atoms with Crippen LogP contribution in [-0.2, 0) is 12.6 Å². The second kappa shape index (κ2) is 6.53. The van der Waals surface area contributed by atoms with Crippen LogP contribution in [0.1, 0.15) is 24.0 Å². The van der Waals surface area contributed by atoms with Crippen molar-refractivity contribution in [3.05, 3.63) is 35.4 Å². The lowest BCUT2D eigenvalue weighted by atomic mass is 9.80. The molecule has 0 radical (unpaired) electrons. The van der Waals surface area contributed by atoms with E-state index in [9.17, 15) is 22.0 Å². The van der Waals surface area contributed by atoms with Crippen LogP contribution in [0.15, 0.2) is 24.3 Å². The van der Waals surface area contributed by atoms with E-state index < -0.39 is 30.0 Å². The lowest BCUT2D eigenvalue weighted by molar-refractivity contribution is -0.137. The summed E-state index contributed by atoms with van der Waals surface area (Å²) in [6.07, 6.45) is -8.25. The number of nitrogens with zero attached hydrogens (tertiary/aromatic N) is 2. The van der Waals surface area contributed by atoms with Crippen LogP contribution < -0.4 is 0 Å². The molecule has 0 N–H and O–H groups in total. The van der Waals surface area contributed by atoms with E-state index >= 15 is 0 Å². The topological polar surface area (TPSA) is 47.6 Å². The fourth-order valence-corrected chi connectivity index (χ4v) is 1.82. The highest BCUT2D eigenvalue weighted by Crippen LogP contribution is 2.32. The highest BCUT2D eigenvalue weighted by Gasteiger charge is 2.33. The molecule has 0 aliphatic heterocycles. The van der Waals surface area contributed by atoms with Gasteiger partial charge in [0.2, 0.25) is 6.43 Å². The molecule has 0 saturated heterocycles. The van der Waals surface area contributed by atoms with Crippen LogP contribution in [0.25, 0.3) is 0 Å². The average Bonchev–Trinajstić information content (AvgIpc) is 2.43. The molecule has 0 aromatic heterocycles. The standard InChI is InChI=1S/C14H11F5N2/c15-12(16)5-6-13(8-20,9-21)7-10-1-3-11(4-2-10)14(17,18)19/h1-4,12H,5-7H2. The summed E-state index contributed by atoms with van der Waals surface area (Å²) in [5, 5.41) is 18.1. The first-order chi connectivity index (χ1) is 9.72. The number of hydrogen-bond donors (Lipinski definition) is 0. The third-order valence-corrected chi connectivity index (χ3v) is 3.00. The monoisotopic (exact) mass is 302 g/mol. The van der Waals surface area contributed by atoms with Gasteiger partial charge < -0.3 is 0 Å². The third kappa shape index (κ3) is 4.71. The number of alkyl halides is 5. The minimum Gasteiger partial charge on any atom is -0.211 e. The van der Waals surface area contributed by atoms with Crippen molar-refractivity contribution in [2.45, 2.75) is 31.9 Å². The van der Waals surface area contributed by atoms with Gasteiger partial charge in [-0.2, -0.15) is 23.7 Å². The Hall–Kier alpha value is -2.15. The molecule has 0 aliphatic rings. The Morgan fingerprint density at radius 3 is 1.90 bits per heavy atom. The van der Waals surface area contributed by atoms with Crippen molar-refractivity contribution >= 4 is 0 Å². The molecule has 0 heterocycles. The zero-order valence-corrected chi connectivity index (χ0v) is 10.8. The third-order valence-electron chi connectivity index (χ3n) is 3.00. The molecular weight excluding hydrogens is 291 g/mol. The van der Waals surface area contributed by atoms with E-state index in [0.717, 1.165) is 24.3 Å². The molecule has 1 rings (SSSR count). The van der Waals surface area contributed by atoms with Crippen LogP contribution in [0, 0.1) is 28.1 Å². The SMILES string of the molecule is N#CC(C#N)(CCC(F)F)Cc1ccc(C(F)(F)F)cc1. The fraction of sp³-hybridized carbons (Fsp3) is 0.429. The number of hydrogen-bond acceptors (Lipinski definition) is 2. The Kier molecular flexibility index (Phi) is 5.26. The van der Waals surface area contributed by atoms with E-state index in [1.165, 1.54) is 0 Å². The molecule has 0 atom stereocenters. The molecule has 0 saturated carbocycles. The lowest BCUT2D eigenvalue weighted by Crippen LogP contribution is -2.21. The Balaban J connectivity index is 2.91. The predicted octanol–water partition coefficient (Wildman–Crippen LogP) is 4.33. The molecule has 0 bridgehead atoms. The van der Waals surface area contributed by atoms with Crippen molar-refractivity contribution in [1.29, 1.82) is 10.5 Å². The number of nitriles is 2. The molecule has 1 aromatic rings. The fourth-order valence-electron chi connectivity index (χ4n) is 1.82. The smallest absolute Gasteiger partial charge is 0.211 e. The first kappa shape index (κ1) is 16.9. The van der Waals surface area contributed by atoms with Gasteiger partial charge in [-0.15, -0.1) is 0 Å². The van der Waals surface area contributed by atoms with Crippen molar-refractivity contribution < 1.29 is 22.0 Å². The van der Waals surface area contributed by atoms with Crippen LogP contribution in [0.3, 0.4) is 0 Å². The summed E-state index contributed by atoms with van der Waals surface area (Å²) in [4.78, 5) is 0. The molecule has 0 fully saturated rings. The molecule has 0 unspecified atom stereocenters. The van der Waals surface area contributed by atoms with E-state index in [1.807, 2.05) is 0 Å². The molecule has 21 heavy (non-hydrogen) atoms. The quantitative estimate of drug-likeness (QED) is 0.760. The minimum atomic E-state index is -4.48. The highest BCUT2D eigenvalue weighted by molar-refractivity contribution is 5.28. The Morgan fingerprint density at radius 2 is 1.52 bits per heavy atom. The van der Waals surface area contributed by atoms with Gasteiger partial charge in [0, 0.05) is 12.8 Å². The van der Waals surface area contributed by atoms with E-state index in [1.54, 1.807) is 12.1 Å². The number of rotatable bonds is 5. The van der Waals surface area contributed by atoms with Gasteiger partial charge in [-0.05, 0) is 24.1 Å². The van der Waals surface area contributed by atoms with Crippen LogP contribution >= 0.6 is 0 Å². The predicted molar refractivity (Wildman–Crippen MR) is 64.0 cm³/mol. The first-order valence-electron chi connectivity index (χ1n) is 5.99. The van der Waals surface area contributed by atoms with Gasteiger partial charge in [0.15, 0.2) is 0 Å². The Morgan fingerprint density at radius 1 is 1.00 bits per heavy atom. The molecule has 7 heteroatoms. The highest BCUT2D eigenvalue weighted by atomic mass is 19.4. The molecule has 2 nitrogen and oxygen atoms in total. The summed E-state index contributed by atoms with van der Waals surface area (Å²) in [7, 11) is 0. The Bertz CT molecular complexity index is 535. The summed E-state index contributed by atoms with van der Waals surface area (Å²) >= 11 is 0. The van der Waals surface area contributed by atoms with Crippen LogP contribution in [-0.4, -0.2) is 6.43 Å². The summed E-state index contributed by atoms with van der Waals surface area (Å²) in [5.74, 6) is 0. The maximum absolute atomic E-state index is 12.4. The molecule has 0 amide bonds. The largest absolute Gasteiger partial charge is 0.416 e. The lowest BCUT2D eigenvalue weighted by Gasteiger charge is -2.18. The molecule has 0 spiro atoms. The van der Waals surface area contributed by atoms with Gasteiger partial charge in [-0.1, -0.05) is 12.1 Å². The molecule has 1 aromatic carbocycles. The number of halogens is 5. The van der Waals surface area contributed by atoms with E-state index in [2.05, 4.69) is 0 Å². The number of benzene rings is 1. The van der Waals surface area contributed by atoms with Crippen molar-refractivity contribution in [3.63, 3.8) is 0 Å². The van der Waals surface area contributed by atoms with E-state index in [0.29, 0.717) is 5.56 Å². The van der Waals surface area contributed by atoms with Crippen molar-refractivity contribution in [2.24, 2.45) is 5.41 Å². The Labute approximate surface area is 118 Å².